The number of aromatic nitrogens is 2. The van der Waals surface area contributed by atoms with Crippen LogP contribution in [-0.2, 0) is 35.5 Å². The van der Waals surface area contributed by atoms with Gasteiger partial charge in [-0.3, -0.25) is 0 Å². The molecule has 0 radical (unpaired) electrons. The van der Waals surface area contributed by atoms with Crippen LogP contribution in [0.4, 0.5) is 0 Å². The zero-order valence-corrected chi connectivity index (χ0v) is 18.1. The van der Waals surface area contributed by atoms with E-state index in [9.17, 15) is 0 Å². The molecule has 2 aromatic heterocycles. The van der Waals surface area contributed by atoms with E-state index in [0.717, 1.165) is 67.2 Å². The van der Waals surface area contributed by atoms with E-state index < -0.39 is 0 Å². The Balaban J connectivity index is 1.39. The molecular weight excluding hydrogens is 435 g/mol. The summed E-state index contributed by atoms with van der Waals surface area (Å²) in [6, 6.07) is 11.5. The molecule has 0 amide bonds. The third-order valence-corrected chi connectivity index (χ3v) is 6.72. The predicted molar refractivity (Wildman–Crippen MR) is 120 cm³/mol. The second-order valence-electron chi connectivity index (χ2n) is 7.77. The Kier molecular flexibility index (Phi) is 4.73. The third kappa shape index (κ3) is 3.33. The summed E-state index contributed by atoms with van der Waals surface area (Å²) in [5, 5.41) is 3.23. The summed E-state index contributed by atoms with van der Waals surface area (Å²) in [5.74, 6) is 1.39. The van der Waals surface area contributed by atoms with Crippen LogP contribution in [0.25, 0.3) is 21.8 Å². The Labute approximate surface area is 188 Å². The fourth-order valence-electron chi connectivity index (χ4n) is 4.28. The maximum Gasteiger partial charge on any atom is 0.128 e. The van der Waals surface area contributed by atoms with Gasteiger partial charge in [0.15, 0.2) is 0 Å². The number of pyridine rings is 2. The molecule has 6 rings (SSSR count). The number of hydrogen-bond donors (Lipinski definition) is 0. The number of fused-ring (bicyclic) bond motifs is 4. The molecule has 31 heavy (non-hydrogen) atoms. The Hall–Kier alpha value is -2.44. The van der Waals surface area contributed by atoms with Crippen LogP contribution in [-0.4, -0.2) is 23.2 Å². The largest absolute Gasteiger partial charge is 0.457 e. The molecule has 0 fully saturated rings. The molecule has 4 aromatic rings. The molecule has 0 N–H and O–H groups in total. The van der Waals surface area contributed by atoms with E-state index >= 15 is 0 Å². The van der Waals surface area contributed by atoms with Gasteiger partial charge in [-0.15, -0.1) is 0 Å². The number of ether oxygens (including phenoxy) is 3. The zero-order chi connectivity index (χ0) is 20.9. The van der Waals surface area contributed by atoms with Gasteiger partial charge in [-0.1, -0.05) is 23.2 Å². The lowest BCUT2D eigenvalue weighted by atomic mass is 10.0. The molecule has 2 aromatic carbocycles. The highest BCUT2D eigenvalue weighted by atomic mass is 35.5. The first-order chi connectivity index (χ1) is 15.2. The monoisotopic (exact) mass is 452 g/mol. The van der Waals surface area contributed by atoms with E-state index in [0.29, 0.717) is 37.9 Å². The summed E-state index contributed by atoms with van der Waals surface area (Å²) in [6.45, 7) is 2.34. The van der Waals surface area contributed by atoms with Gasteiger partial charge in [-0.25, -0.2) is 9.97 Å². The SMILES string of the molecule is Clc1c2c(nc3ccc(Oc4ccc5nc6c(c(Cl)c5c4)CCOC6)cc13)COCC2. The summed E-state index contributed by atoms with van der Waals surface area (Å²) in [7, 11) is 0. The van der Waals surface area contributed by atoms with Crippen molar-refractivity contribution in [3.63, 3.8) is 0 Å². The van der Waals surface area contributed by atoms with Crippen molar-refractivity contribution in [1.82, 2.24) is 9.97 Å². The molecule has 7 heteroatoms. The van der Waals surface area contributed by atoms with E-state index in [4.69, 9.17) is 47.4 Å². The molecule has 0 unspecified atom stereocenters. The van der Waals surface area contributed by atoms with Crippen molar-refractivity contribution in [2.75, 3.05) is 13.2 Å². The lowest BCUT2D eigenvalue weighted by molar-refractivity contribution is 0.108. The first-order valence-electron chi connectivity index (χ1n) is 10.2. The van der Waals surface area contributed by atoms with Gasteiger partial charge in [0.2, 0.25) is 0 Å². The minimum Gasteiger partial charge on any atom is -0.457 e. The lowest BCUT2D eigenvalue weighted by Crippen LogP contribution is -2.12. The average Bonchev–Trinajstić information content (AvgIpc) is 2.80. The van der Waals surface area contributed by atoms with Crippen LogP contribution in [0.2, 0.25) is 10.0 Å². The molecular formula is C24H18Cl2N2O3. The molecule has 0 spiro atoms. The second kappa shape index (κ2) is 7.61. The molecule has 4 heterocycles. The first-order valence-corrected chi connectivity index (χ1v) is 11.0. The van der Waals surface area contributed by atoms with Crippen molar-refractivity contribution in [3.8, 4) is 11.5 Å². The molecule has 0 atom stereocenters. The van der Waals surface area contributed by atoms with E-state index in [2.05, 4.69) is 0 Å². The number of halogens is 2. The van der Waals surface area contributed by atoms with Crippen LogP contribution in [0.1, 0.15) is 22.5 Å². The fourth-order valence-corrected chi connectivity index (χ4v) is 4.99. The van der Waals surface area contributed by atoms with Crippen LogP contribution in [0, 0.1) is 0 Å². The number of nitrogens with zero attached hydrogens (tertiary/aromatic N) is 2. The minimum absolute atomic E-state index is 0.505. The predicted octanol–water partition coefficient (Wildman–Crippen LogP) is 6.03. The Morgan fingerprint density at radius 2 is 1.19 bits per heavy atom. The normalized spacial score (nSPS) is 15.7. The van der Waals surface area contributed by atoms with Gasteiger partial charge < -0.3 is 14.2 Å². The number of benzene rings is 2. The van der Waals surface area contributed by atoms with Crippen molar-refractivity contribution in [3.05, 3.63) is 69.0 Å². The molecule has 2 aliphatic heterocycles. The van der Waals surface area contributed by atoms with Crippen LogP contribution < -0.4 is 4.74 Å². The van der Waals surface area contributed by atoms with Crippen molar-refractivity contribution in [1.29, 1.82) is 0 Å². The highest BCUT2D eigenvalue weighted by molar-refractivity contribution is 6.36. The quantitative estimate of drug-likeness (QED) is 0.371. The van der Waals surface area contributed by atoms with E-state index in [-0.39, 0.29) is 0 Å². The Morgan fingerprint density at radius 3 is 1.68 bits per heavy atom. The van der Waals surface area contributed by atoms with Gasteiger partial charge >= 0.3 is 0 Å². The van der Waals surface area contributed by atoms with Gasteiger partial charge in [-0.05, 0) is 60.4 Å². The van der Waals surface area contributed by atoms with Gasteiger partial charge in [0.05, 0.1) is 58.9 Å². The maximum absolute atomic E-state index is 6.71. The van der Waals surface area contributed by atoms with Gasteiger partial charge in [0, 0.05) is 10.8 Å². The highest BCUT2D eigenvalue weighted by Gasteiger charge is 2.19. The Morgan fingerprint density at radius 1 is 0.710 bits per heavy atom. The molecule has 0 bridgehead atoms. The van der Waals surface area contributed by atoms with Gasteiger partial charge in [0.25, 0.3) is 0 Å². The van der Waals surface area contributed by atoms with Crippen LogP contribution in [0.3, 0.4) is 0 Å². The van der Waals surface area contributed by atoms with Crippen molar-refractivity contribution < 1.29 is 14.2 Å². The van der Waals surface area contributed by atoms with E-state index in [1.165, 1.54) is 0 Å². The molecule has 0 saturated carbocycles. The number of rotatable bonds is 2. The summed E-state index contributed by atoms with van der Waals surface area (Å²) in [6.07, 6.45) is 1.54. The van der Waals surface area contributed by atoms with Crippen molar-refractivity contribution >= 4 is 45.0 Å². The molecule has 0 saturated heterocycles. The third-order valence-electron chi connectivity index (χ3n) is 5.85. The first kappa shape index (κ1) is 19.3. The van der Waals surface area contributed by atoms with Crippen LogP contribution in [0.5, 0.6) is 11.5 Å². The molecule has 2 aliphatic rings. The molecule has 0 aliphatic carbocycles. The van der Waals surface area contributed by atoms with Crippen molar-refractivity contribution in [2.45, 2.75) is 26.1 Å². The van der Waals surface area contributed by atoms with Crippen LogP contribution >= 0.6 is 23.2 Å². The topological polar surface area (TPSA) is 53.5 Å². The van der Waals surface area contributed by atoms with Crippen molar-refractivity contribution in [2.24, 2.45) is 0 Å². The molecule has 156 valence electrons. The van der Waals surface area contributed by atoms with Crippen LogP contribution in [0.15, 0.2) is 36.4 Å². The zero-order valence-electron chi connectivity index (χ0n) is 16.6. The average molecular weight is 453 g/mol. The summed E-state index contributed by atoms with van der Waals surface area (Å²) < 4.78 is 17.2. The maximum atomic E-state index is 6.71. The summed E-state index contributed by atoms with van der Waals surface area (Å²) in [5.41, 5.74) is 5.64. The van der Waals surface area contributed by atoms with E-state index in [1.807, 2.05) is 36.4 Å². The standard InChI is InChI=1S/C24H18Cl2N2O3/c25-23-15-5-7-29-11-21(15)27-19-3-1-13(9-17(19)23)31-14-2-4-20-18(10-14)24(26)16-6-8-30-12-22(16)28-20/h1-4,9-10H,5-8,11-12H2. The highest BCUT2D eigenvalue weighted by Crippen LogP contribution is 2.36. The summed E-state index contributed by atoms with van der Waals surface area (Å²) in [4.78, 5) is 9.43. The lowest BCUT2D eigenvalue weighted by Gasteiger charge is -2.19. The smallest absolute Gasteiger partial charge is 0.128 e. The summed E-state index contributed by atoms with van der Waals surface area (Å²) >= 11 is 13.4. The van der Waals surface area contributed by atoms with Gasteiger partial charge in [-0.2, -0.15) is 0 Å². The minimum atomic E-state index is 0.505. The van der Waals surface area contributed by atoms with E-state index in [1.54, 1.807) is 0 Å². The van der Waals surface area contributed by atoms with Gasteiger partial charge in [0.1, 0.15) is 11.5 Å². The second-order valence-corrected chi connectivity index (χ2v) is 8.52. The Bertz CT molecular complexity index is 1250. The fraction of sp³-hybridized carbons (Fsp3) is 0.250. The number of hydrogen-bond acceptors (Lipinski definition) is 5. The molecule has 5 nitrogen and oxygen atoms in total.